The van der Waals surface area contributed by atoms with Gasteiger partial charge in [-0.05, 0) is 33.1 Å². The Labute approximate surface area is 109 Å². The first kappa shape index (κ1) is 15.0. The summed E-state index contributed by atoms with van der Waals surface area (Å²) >= 11 is 0. The second kappa shape index (κ2) is 4.90. The van der Waals surface area contributed by atoms with Crippen LogP contribution in [0.1, 0.15) is 48.0 Å². The highest BCUT2D eigenvalue weighted by atomic mass is 16.6. The number of rotatable bonds is 3. The SMILES string of the molecule is CC(C)(C)OC(=O)NC[C@@H]1C[C@@H]1C(=O)C(C)(C)C. The van der Waals surface area contributed by atoms with Crippen molar-refractivity contribution in [3.05, 3.63) is 0 Å². The highest BCUT2D eigenvalue weighted by molar-refractivity contribution is 5.88. The number of hydrogen-bond donors (Lipinski definition) is 1. The van der Waals surface area contributed by atoms with Gasteiger partial charge in [-0.15, -0.1) is 0 Å². The molecule has 1 saturated carbocycles. The Bertz CT molecular complexity index is 336. The molecule has 0 bridgehead atoms. The Morgan fingerprint density at radius 2 is 1.72 bits per heavy atom. The van der Waals surface area contributed by atoms with Crippen LogP contribution in [-0.4, -0.2) is 24.0 Å². The van der Waals surface area contributed by atoms with E-state index in [2.05, 4.69) is 5.32 Å². The van der Waals surface area contributed by atoms with Crippen molar-refractivity contribution in [2.45, 2.75) is 53.6 Å². The maximum absolute atomic E-state index is 12.0. The molecular weight excluding hydrogens is 230 g/mol. The zero-order chi connectivity index (χ0) is 14.1. The standard InChI is InChI=1S/C14H25NO3/c1-13(2,3)11(16)10-7-9(10)8-15-12(17)18-14(4,5)6/h9-10H,7-8H2,1-6H3,(H,15,17)/t9-,10-/m0/s1. The number of alkyl carbamates (subject to hydrolysis) is 1. The molecule has 0 unspecified atom stereocenters. The van der Waals surface area contributed by atoms with E-state index in [0.29, 0.717) is 12.3 Å². The quantitative estimate of drug-likeness (QED) is 0.843. The Morgan fingerprint density at radius 1 is 1.17 bits per heavy atom. The van der Waals surface area contributed by atoms with Gasteiger partial charge >= 0.3 is 6.09 Å². The van der Waals surface area contributed by atoms with Gasteiger partial charge in [-0.25, -0.2) is 4.79 Å². The average molecular weight is 255 g/mol. The Balaban J connectivity index is 2.29. The van der Waals surface area contributed by atoms with Gasteiger partial charge in [0.25, 0.3) is 0 Å². The largest absolute Gasteiger partial charge is 0.444 e. The van der Waals surface area contributed by atoms with Crippen molar-refractivity contribution in [3.8, 4) is 0 Å². The lowest BCUT2D eigenvalue weighted by atomic mass is 9.87. The first-order valence-electron chi connectivity index (χ1n) is 6.52. The lowest BCUT2D eigenvalue weighted by Gasteiger charge is -2.20. The minimum Gasteiger partial charge on any atom is -0.444 e. The summed E-state index contributed by atoms with van der Waals surface area (Å²) < 4.78 is 5.14. The molecule has 0 aromatic carbocycles. The van der Waals surface area contributed by atoms with Gasteiger partial charge in [-0.2, -0.15) is 0 Å². The summed E-state index contributed by atoms with van der Waals surface area (Å²) in [5, 5.41) is 2.72. The molecule has 0 spiro atoms. The Morgan fingerprint density at radius 3 is 2.17 bits per heavy atom. The molecular formula is C14H25NO3. The van der Waals surface area contributed by atoms with Gasteiger partial charge in [-0.3, -0.25) is 4.79 Å². The molecule has 0 aromatic heterocycles. The third-order valence-electron chi connectivity index (χ3n) is 2.91. The summed E-state index contributed by atoms with van der Waals surface area (Å²) in [6, 6.07) is 0. The first-order chi connectivity index (χ1) is 8.00. The summed E-state index contributed by atoms with van der Waals surface area (Å²) in [6.45, 7) is 11.8. The third-order valence-corrected chi connectivity index (χ3v) is 2.91. The average Bonchev–Trinajstić information content (AvgIpc) is 2.88. The molecule has 1 rings (SSSR count). The van der Waals surface area contributed by atoms with Crippen molar-refractivity contribution < 1.29 is 14.3 Å². The van der Waals surface area contributed by atoms with E-state index < -0.39 is 11.7 Å². The van der Waals surface area contributed by atoms with Gasteiger partial charge in [0, 0.05) is 17.9 Å². The summed E-state index contributed by atoms with van der Waals surface area (Å²) in [6.07, 6.45) is 0.475. The van der Waals surface area contributed by atoms with E-state index in [1.807, 2.05) is 41.5 Å². The number of carbonyl (C=O) groups excluding carboxylic acids is 2. The molecule has 4 nitrogen and oxygen atoms in total. The number of amides is 1. The van der Waals surface area contributed by atoms with Crippen LogP contribution in [0.25, 0.3) is 0 Å². The van der Waals surface area contributed by atoms with E-state index in [1.165, 1.54) is 0 Å². The van der Waals surface area contributed by atoms with Crippen LogP contribution in [0.3, 0.4) is 0 Å². The molecule has 18 heavy (non-hydrogen) atoms. The maximum Gasteiger partial charge on any atom is 0.407 e. The molecule has 1 N–H and O–H groups in total. The van der Waals surface area contributed by atoms with E-state index in [0.717, 1.165) is 6.42 Å². The molecule has 0 saturated heterocycles. The number of hydrogen-bond acceptors (Lipinski definition) is 3. The van der Waals surface area contributed by atoms with Gasteiger partial charge in [0.05, 0.1) is 0 Å². The van der Waals surface area contributed by atoms with Crippen molar-refractivity contribution in [1.29, 1.82) is 0 Å². The van der Waals surface area contributed by atoms with Crippen LogP contribution in [0, 0.1) is 17.3 Å². The topological polar surface area (TPSA) is 55.4 Å². The normalized spacial score (nSPS) is 23.4. The van der Waals surface area contributed by atoms with Gasteiger partial charge < -0.3 is 10.1 Å². The maximum atomic E-state index is 12.0. The van der Waals surface area contributed by atoms with E-state index in [4.69, 9.17) is 4.74 Å². The molecule has 4 heteroatoms. The number of ketones is 1. The molecule has 1 aliphatic carbocycles. The fraction of sp³-hybridized carbons (Fsp3) is 0.857. The van der Waals surface area contributed by atoms with Gasteiger partial charge in [-0.1, -0.05) is 20.8 Å². The first-order valence-corrected chi connectivity index (χ1v) is 6.52. The predicted molar refractivity (Wildman–Crippen MR) is 70.3 cm³/mol. The van der Waals surface area contributed by atoms with Crippen molar-refractivity contribution in [3.63, 3.8) is 0 Å². The fourth-order valence-electron chi connectivity index (χ4n) is 1.88. The van der Waals surface area contributed by atoms with E-state index in [9.17, 15) is 9.59 Å². The van der Waals surface area contributed by atoms with Crippen LogP contribution in [0.15, 0.2) is 0 Å². The summed E-state index contributed by atoms with van der Waals surface area (Å²) in [7, 11) is 0. The van der Waals surface area contributed by atoms with E-state index >= 15 is 0 Å². The van der Waals surface area contributed by atoms with Crippen LogP contribution in [0.5, 0.6) is 0 Å². The van der Waals surface area contributed by atoms with Crippen LogP contribution in [0.4, 0.5) is 4.79 Å². The molecule has 1 amide bonds. The van der Waals surface area contributed by atoms with Gasteiger partial charge in [0.15, 0.2) is 0 Å². The monoisotopic (exact) mass is 255 g/mol. The minimum atomic E-state index is -0.478. The Hall–Kier alpha value is -1.06. The van der Waals surface area contributed by atoms with E-state index in [-0.39, 0.29) is 17.3 Å². The smallest absolute Gasteiger partial charge is 0.407 e. The lowest BCUT2D eigenvalue weighted by Crippen LogP contribution is -2.34. The molecule has 1 fully saturated rings. The summed E-state index contributed by atoms with van der Waals surface area (Å²) in [4.78, 5) is 23.4. The van der Waals surface area contributed by atoms with Crippen LogP contribution < -0.4 is 5.32 Å². The third kappa shape index (κ3) is 4.67. The second-order valence-electron chi connectivity index (χ2n) is 7.10. The lowest BCUT2D eigenvalue weighted by molar-refractivity contribution is -0.127. The zero-order valence-electron chi connectivity index (χ0n) is 12.3. The highest BCUT2D eigenvalue weighted by Crippen LogP contribution is 2.42. The molecule has 0 aromatic rings. The Kier molecular flexibility index (Phi) is 4.08. The fourth-order valence-corrected chi connectivity index (χ4v) is 1.88. The number of nitrogens with one attached hydrogen (secondary N) is 1. The summed E-state index contributed by atoms with van der Waals surface area (Å²) in [5.74, 6) is 0.683. The van der Waals surface area contributed by atoms with Gasteiger partial charge in [0.1, 0.15) is 11.4 Å². The number of ether oxygens (including phenoxy) is 1. The molecule has 0 aliphatic heterocycles. The predicted octanol–water partition coefficient (Wildman–Crippen LogP) is 2.76. The minimum absolute atomic E-state index is 0.111. The molecule has 1 aliphatic rings. The second-order valence-corrected chi connectivity index (χ2v) is 7.10. The highest BCUT2D eigenvalue weighted by Gasteiger charge is 2.46. The zero-order valence-corrected chi connectivity index (χ0v) is 12.3. The number of Topliss-reactive ketones (excluding diaryl/α,β-unsaturated/α-hetero) is 1. The molecule has 0 heterocycles. The van der Waals surface area contributed by atoms with E-state index in [1.54, 1.807) is 0 Å². The van der Waals surface area contributed by atoms with Crippen LogP contribution in [-0.2, 0) is 9.53 Å². The van der Waals surface area contributed by atoms with Crippen molar-refractivity contribution in [2.24, 2.45) is 17.3 Å². The van der Waals surface area contributed by atoms with Crippen molar-refractivity contribution in [2.75, 3.05) is 6.54 Å². The number of carbonyl (C=O) groups is 2. The molecule has 2 atom stereocenters. The molecule has 104 valence electrons. The molecule has 0 radical (unpaired) electrons. The van der Waals surface area contributed by atoms with Crippen LogP contribution in [0.2, 0.25) is 0 Å². The van der Waals surface area contributed by atoms with Crippen molar-refractivity contribution in [1.82, 2.24) is 5.32 Å². The van der Waals surface area contributed by atoms with Crippen LogP contribution >= 0.6 is 0 Å². The van der Waals surface area contributed by atoms with Crippen molar-refractivity contribution >= 4 is 11.9 Å². The summed E-state index contributed by atoms with van der Waals surface area (Å²) in [5.41, 5.74) is -0.764. The van der Waals surface area contributed by atoms with Gasteiger partial charge in [0.2, 0.25) is 0 Å².